The second kappa shape index (κ2) is 5.87. The zero-order valence-electron chi connectivity index (χ0n) is 10.9. The van der Waals surface area contributed by atoms with E-state index in [2.05, 4.69) is 16.7 Å². The van der Waals surface area contributed by atoms with Crippen molar-refractivity contribution >= 4 is 5.91 Å². The fourth-order valence-corrected chi connectivity index (χ4v) is 2.02. The summed E-state index contributed by atoms with van der Waals surface area (Å²) in [6.45, 7) is 5.47. The molecule has 1 aliphatic rings. The third-order valence-corrected chi connectivity index (χ3v) is 2.89. The van der Waals surface area contributed by atoms with Gasteiger partial charge >= 0.3 is 0 Å². The minimum atomic E-state index is 0.124. The van der Waals surface area contributed by atoms with Crippen LogP contribution in [-0.2, 0) is 11.3 Å². The largest absolute Gasteiger partial charge is 0.491 e. The van der Waals surface area contributed by atoms with Crippen molar-refractivity contribution in [2.24, 2.45) is 0 Å². The standard InChI is InChI=1S/C14H20N2O2/c1-10(2)18-13-6-4-3-5-11(13)8-15-12-7-14(17)16-9-12/h3-6,10,12,15H,7-9H2,1-2H3,(H,16,17). The first-order chi connectivity index (χ1) is 8.65. The van der Waals surface area contributed by atoms with E-state index >= 15 is 0 Å². The highest BCUT2D eigenvalue weighted by molar-refractivity contribution is 5.78. The molecule has 0 radical (unpaired) electrons. The summed E-state index contributed by atoms with van der Waals surface area (Å²) in [5.74, 6) is 1.04. The number of para-hydroxylation sites is 1. The lowest BCUT2D eigenvalue weighted by atomic mass is 10.1. The highest BCUT2D eigenvalue weighted by atomic mass is 16.5. The quantitative estimate of drug-likeness (QED) is 0.829. The summed E-state index contributed by atoms with van der Waals surface area (Å²) in [5.41, 5.74) is 1.13. The average Bonchev–Trinajstić information content (AvgIpc) is 2.73. The van der Waals surface area contributed by atoms with Crippen molar-refractivity contribution in [2.75, 3.05) is 6.54 Å². The Morgan fingerprint density at radius 1 is 1.44 bits per heavy atom. The summed E-state index contributed by atoms with van der Waals surface area (Å²) in [6, 6.07) is 8.23. The van der Waals surface area contributed by atoms with Crippen molar-refractivity contribution in [2.45, 2.75) is 39.0 Å². The lowest BCUT2D eigenvalue weighted by molar-refractivity contribution is -0.119. The second-order valence-electron chi connectivity index (χ2n) is 4.86. The van der Waals surface area contributed by atoms with Crippen LogP contribution in [0.25, 0.3) is 0 Å². The van der Waals surface area contributed by atoms with E-state index in [9.17, 15) is 4.79 Å². The van der Waals surface area contributed by atoms with Crippen LogP contribution in [0.15, 0.2) is 24.3 Å². The van der Waals surface area contributed by atoms with Crippen LogP contribution in [0.5, 0.6) is 5.75 Å². The number of hydrogen-bond acceptors (Lipinski definition) is 3. The molecule has 1 aliphatic heterocycles. The number of nitrogens with one attached hydrogen (secondary N) is 2. The number of hydrogen-bond donors (Lipinski definition) is 2. The molecular weight excluding hydrogens is 228 g/mol. The summed E-state index contributed by atoms with van der Waals surface area (Å²) in [7, 11) is 0. The Kier molecular flexibility index (Phi) is 4.20. The molecule has 1 unspecified atom stereocenters. The molecule has 1 fully saturated rings. The monoisotopic (exact) mass is 248 g/mol. The third kappa shape index (κ3) is 3.47. The molecule has 1 saturated heterocycles. The van der Waals surface area contributed by atoms with Gasteiger partial charge in [-0.1, -0.05) is 18.2 Å². The van der Waals surface area contributed by atoms with Gasteiger partial charge in [-0.15, -0.1) is 0 Å². The van der Waals surface area contributed by atoms with Gasteiger partial charge in [0, 0.05) is 31.1 Å². The third-order valence-electron chi connectivity index (χ3n) is 2.89. The molecule has 0 saturated carbocycles. The Morgan fingerprint density at radius 2 is 2.22 bits per heavy atom. The molecule has 1 heterocycles. The summed E-state index contributed by atoms with van der Waals surface area (Å²) in [4.78, 5) is 11.1. The highest BCUT2D eigenvalue weighted by Gasteiger charge is 2.20. The van der Waals surface area contributed by atoms with E-state index in [1.165, 1.54) is 0 Å². The molecule has 1 atom stereocenters. The van der Waals surface area contributed by atoms with E-state index in [1.807, 2.05) is 32.0 Å². The molecule has 0 aliphatic carbocycles. The number of rotatable bonds is 5. The van der Waals surface area contributed by atoms with Crippen LogP contribution in [0.1, 0.15) is 25.8 Å². The van der Waals surface area contributed by atoms with Gasteiger partial charge in [0.15, 0.2) is 0 Å². The van der Waals surface area contributed by atoms with Crippen LogP contribution < -0.4 is 15.4 Å². The predicted octanol–water partition coefficient (Wildman–Crippen LogP) is 1.45. The maximum Gasteiger partial charge on any atom is 0.221 e. The normalized spacial score (nSPS) is 19.1. The molecule has 98 valence electrons. The van der Waals surface area contributed by atoms with Crippen molar-refractivity contribution in [1.29, 1.82) is 0 Å². The molecule has 4 nitrogen and oxygen atoms in total. The number of carbonyl (C=O) groups excluding carboxylic acids is 1. The minimum absolute atomic E-state index is 0.124. The highest BCUT2D eigenvalue weighted by Crippen LogP contribution is 2.19. The fraction of sp³-hybridized carbons (Fsp3) is 0.500. The molecule has 1 aromatic carbocycles. The zero-order valence-corrected chi connectivity index (χ0v) is 10.9. The molecule has 4 heteroatoms. The topological polar surface area (TPSA) is 50.4 Å². The minimum Gasteiger partial charge on any atom is -0.491 e. The fourth-order valence-electron chi connectivity index (χ4n) is 2.02. The van der Waals surface area contributed by atoms with Gasteiger partial charge in [0.2, 0.25) is 5.91 Å². The first-order valence-corrected chi connectivity index (χ1v) is 6.40. The maximum atomic E-state index is 11.1. The summed E-state index contributed by atoms with van der Waals surface area (Å²) in [6.07, 6.45) is 0.730. The smallest absolute Gasteiger partial charge is 0.221 e. The maximum absolute atomic E-state index is 11.1. The van der Waals surface area contributed by atoms with E-state index in [-0.39, 0.29) is 18.1 Å². The SMILES string of the molecule is CC(C)Oc1ccccc1CNC1CNC(=O)C1. The number of carbonyl (C=O) groups is 1. The molecule has 2 rings (SSSR count). The Bertz CT molecular complexity index is 418. The summed E-state index contributed by atoms with van der Waals surface area (Å²) < 4.78 is 5.76. The van der Waals surface area contributed by atoms with Gasteiger partial charge in [-0.25, -0.2) is 0 Å². The van der Waals surface area contributed by atoms with Gasteiger partial charge in [-0.2, -0.15) is 0 Å². The molecule has 1 aromatic rings. The molecule has 1 amide bonds. The van der Waals surface area contributed by atoms with Gasteiger partial charge in [0.25, 0.3) is 0 Å². The van der Waals surface area contributed by atoms with Crippen LogP contribution in [0, 0.1) is 0 Å². The Morgan fingerprint density at radius 3 is 2.89 bits per heavy atom. The molecule has 0 spiro atoms. The zero-order chi connectivity index (χ0) is 13.0. The van der Waals surface area contributed by atoms with Crippen molar-refractivity contribution in [3.8, 4) is 5.75 Å². The van der Waals surface area contributed by atoms with Crippen LogP contribution in [-0.4, -0.2) is 24.6 Å². The van der Waals surface area contributed by atoms with E-state index in [1.54, 1.807) is 0 Å². The number of amides is 1. The number of ether oxygens (including phenoxy) is 1. The molecular formula is C14H20N2O2. The van der Waals surface area contributed by atoms with E-state index in [0.29, 0.717) is 13.0 Å². The lowest BCUT2D eigenvalue weighted by Crippen LogP contribution is -2.30. The van der Waals surface area contributed by atoms with Gasteiger partial charge in [0.05, 0.1) is 6.10 Å². The average molecular weight is 248 g/mol. The van der Waals surface area contributed by atoms with Crippen molar-refractivity contribution in [3.63, 3.8) is 0 Å². The van der Waals surface area contributed by atoms with Crippen LogP contribution in [0.4, 0.5) is 0 Å². The Hall–Kier alpha value is -1.55. The van der Waals surface area contributed by atoms with Crippen LogP contribution >= 0.6 is 0 Å². The van der Waals surface area contributed by atoms with E-state index in [4.69, 9.17) is 4.74 Å². The van der Waals surface area contributed by atoms with Gasteiger partial charge in [0.1, 0.15) is 5.75 Å². The molecule has 0 bridgehead atoms. The molecule has 2 N–H and O–H groups in total. The van der Waals surface area contributed by atoms with Crippen LogP contribution in [0.3, 0.4) is 0 Å². The molecule has 18 heavy (non-hydrogen) atoms. The van der Waals surface area contributed by atoms with Gasteiger partial charge in [-0.05, 0) is 19.9 Å². The summed E-state index contributed by atoms with van der Waals surface area (Å²) in [5, 5.41) is 6.20. The second-order valence-corrected chi connectivity index (χ2v) is 4.86. The van der Waals surface area contributed by atoms with E-state index < -0.39 is 0 Å². The van der Waals surface area contributed by atoms with Crippen LogP contribution in [0.2, 0.25) is 0 Å². The van der Waals surface area contributed by atoms with Crippen molar-refractivity contribution in [1.82, 2.24) is 10.6 Å². The first-order valence-electron chi connectivity index (χ1n) is 6.40. The van der Waals surface area contributed by atoms with Gasteiger partial charge in [-0.3, -0.25) is 4.79 Å². The lowest BCUT2D eigenvalue weighted by Gasteiger charge is -2.16. The van der Waals surface area contributed by atoms with Crippen molar-refractivity contribution in [3.05, 3.63) is 29.8 Å². The van der Waals surface area contributed by atoms with E-state index in [0.717, 1.165) is 17.9 Å². The van der Waals surface area contributed by atoms with Crippen molar-refractivity contribution < 1.29 is 9.53 Å². The Balaban J connectivity index is 1.94. The molecule has 0 aromatic heterocycles. The first kappa shape index (κ1) is 12.9. The summed E-state index contributed by atoms with van der Waals surface area (Å²) >= 11 is 0. The predicted molar refractivity (Wildman–Crippen MR) is 70.5 cm³/mol. The number of benzene rings is 1. The van der Waals surface area contributed by atoms with Gasteiger partial charge < -0.3 is 15.4 Å². The Labute approximate surface area is 108 Å².